The normalized spacial score (nSPS) is 29.8. The first-order valence-corrected chi connectivity index (χ1v) is 13.5. The molecule has 0 unspecified atom stereocenters. The highest BCUT2D eigenvalue weighted by atomic mass is 16.6. The summed E-state index contributed by atoms with van der Waals surface area (Å²) in [4.78, 5) is 28.6. The number of hydrogen-bond acceptors (Lipinski definition) is 5. The van der Waals surface area contributed by atoms with Gasteiger partial charge in [-0.3, -0.25) is 14.9 Å². The fourth-order valence-corrected chi connectivity index (χ4v) is 8.02. The second-order valence-corrected chi connectivity index (χ2v) is 11.7. The zero-order chi connectivity index (χ0) is 24.9. The van der Waals surface area contributed by atoms with E-state index >= 15 is 0 Å². The Kier molecular flexibility index (Phi) is 5.89. The van der Waals surface area contributed by atoms with Crippen LogP contribution in [0.1, 0.15) is 55.8 Å². The molecule has 7 rings (SSSR count). The van der Waals surface area contributed by atoms with E-state index in [0.29, 0.717) is 37.4 Å². The Labute approximate surface area is 213 Å². The molecule has 4 saturated carbocycles. The molecule has 190 valence electrons. The van der Waals surface area contributed by atoms with E-state index in [-0.39, 0.29) is 28.0 Å². The Bertz CT molecular complexity index is 1110. The van der Waals surface area contributed by atoms with Gasteiger partial charge in [0.1, 0.15) is 5.69 Å². The molecule has 2 aromatic rings. The number of nitrogens with zero attached hydrogens (tertiary/aromatic N) is 3. The van der Waals surface area contributed by atoms with Gasteiger partial charge in [0.25, 0.3) is 11.6 Å². The minimum atomic E-state index is -0.269. The number of piperazine rings is 1. The molecule has 1 amide bonds. The zero-order valence-corrected chi connectivity index (χ0v) is 21.1. The van der Waals surface area contributed by atoms with E-state index in [1.807, 2.05) is 47.4 Å². The lowest BCUT2D eigenvalue weighted by Crippen LogP contribution is -2.53. The highest BCUT2D eigenvalue weighted by Crippen LogP contribution is 2.61. The molecule has 0 radical (unpaired) electrons. The highest BCUT2D eigenvalue weighted by Gasteiger charge is 2.53. The Morgan fingerprint density at radius 1 is 0.972 bits per heavy atom. The number of anilines is 2. The number of rotatable bonds is 6. The van der Waals surface area contributed by atoms with E-state index in [4.69, 9.17) is 0 Å². The molecule has 1 heterocycles. The van der Waals surface area contributed by atoms with Crippen molar-refractivity contribution < 1.29 is 9.72 Å². The van der Waals surface area contributed by atoms with Crippen molar-refractivity contribution in [1.82, 2.24) is 4.90 Å². The molecule has 36 heavy (non-hydrogen) atoms. The van der Waals surface area contributed by atoms with Crippen LogP contribution in [-0.2, 0) is 0 Å². The topological polar surface area (TPSA) is 78.7 Å². The van der Waals surface area contributed by atoms with Crippen LogP contribution in [0.25, 0.3) is 0 Å². The summed E-state index contributed by atoms with van der Waals surface area (Å²) in [6.45, 7) is 4.94. The van der Waals surface area contributed by atoms with Crippen molar-refractivity contribution >= 4 is 23.0 Å². The third-order valence-electron chi connectivity index (χ3n) is 9.51. The Morgan fingerprint density at radius 3 is 2.17 bits per heavy atom. The molecular formula is C29H36N4O3. The Morgan fingerprint density at radius 2 is 1.58 bits per heavy atom. The van der Waals surface area contributed by atoms with Gasteiger partial charge >= 0.3 is 0 Å². The first kappa shape index (κ1) is 23.3. The van der Waals surface area contributed by atoms with Crippen molar-refractivity contribution in [3.05, 3.63) is 64.2 Å². The third-order valence-corrected chi connectivity index (χ3v) is 9.51. The average molecular weight is 489 g/mol. The van der Waals surface area contributed by atoms with Gasteiger partial charge in [-0.05, 0) is 92.9 Å². The number of nitrogens with one attached hydrogen (secondary N) is 1. The van der Waals surface area contributed by atoms with Crippen LogP contribution in [0.3, 0.4) is 0 Å². The van der Waals surface area contributed by atoms with E-state index in [0.717, 1.165) is 23.4 Å². The van der Waals surface area contributed by atoms with Crippen LogP contribution in [0, 0.1) is 33.3 Å². The first-order chi connectivity index (χ1) is 17.4. The van der Waals surface area contributed by atoms with Crippen molar-refractivity contribution in [2.45, 2.75) is 51.5 Å². The number of nitro benzene ring substituents is 1. The average Bonchev–Trinajstić information content (AvgIpc) is 2.88. The monoisotopic (exact) mass is 488 g/mol. The summed E-state index contributed by atoms with van der Waals surface area (Å²) < 4.78 is 0. The quantitative estimate of drug-likeness (QED) is 0.425. The number of nitro groups is 1. The predicted molar refractivity (Wildman–Crippen MR) is 141 cm³/mol. The van der Waals surface area contributed by atoms with E-state index in [2.05, 4.69) is 17.1 Å². The Balaban J connectivity index is 1.17. The molecule has 5 aliphatic rings. The summed E-state index contributed by atoms with van der Waals surface area (Å²) in [6, 6.07) is 15.1. The van der Waals surface area contributed by atoms with Gasteiger partial charge in [0.2, 0.25) is 0 Å². The molecule has 4 bridgehead atoms. The summed E-state index contributed by atoms with van der Waals surface area (Å²) in [6.07, 6.45) is 7.95. The van der Waals surface area contributed by atoms with Crippen molar-refractivity contribution in [3.8, 4) is 0 Å². The van der Waals surface area contributed by atoms with Gasteiger partial charge in [-0.1, -0.05) is 18.2 Å². The molecule has 7 heteroatoms. The SMILES string of the molecule is C[C@@H](Nc1cc(N2CCN(C(=O)c3ccccc3)CC2)ccc1[N+](=O)[O-])C12CC3CC(CC(C3)C1)C2. The van der Waals surface area contributed by atoms with Gasteiger partial charge in [-0.15, -0.1) is 0 Å². The van der Waals surface area contributed by atoms with Crippen LogP contribution in [0.5, 0.6) is 0 Å². The maximum Gasteiger partial charge on any atom is 0.292 e. The smallest absolute Gasteiger partial charge is 0.292 e. The van der Waals surface area contributed by atoms with Crippen molar-refractivity contribution in [2.75, 3.05) is 36.4 Å². The van der Waals surface area contributed by atoms with E-state index < -0.39 is 0 Å². The van der Waals surface area contributed by atoms with Gasteiger partial charge in [0, 0.05) is 49.5 Å². The fraction of sp³-hybridized carbons (Fsp3) is 0.552. The molecule has 1 aliphatic heterocycles. The van der Waals surface area contributed by atoms with Crippen LogP contribution >= 0.6 is 0 Å². The molecule has 1 N–H and O–H groups in total. The summed E-state index contributed by atoms with van der Waals surface area (Å²) in [5.74, 6) is 2.59. The van der Waals surface area contributed by atoms with Crippen LogP contribution < -0.4 is 10.2 Å². The van der Waals surface area contributed by atoms with Crippen molar-refractivity contribution in [3.63, 3.8) is 0 Å². The molecule has 0 spiro atoms. The maximum absolute atomic E-state index is 12.8. The number of hydrogen-bond donors (Lipinski definition) is 1. The second kappa shape index (κ2) is 9.09. The summed E-state index contributed by atoms with van der Waals surface area (Å²) in [7, 11) is 0. The van der Waals surface area contributed by atoms with E-state index in [1.165, 1.54) is 38.5 Å². The molecule has 2 aromatic carbocycles. The number of carbonyl (C=O) groups is 1. The van der Waals surface area contributed by atoms with Crippen LogP contribution in [-0.4, -0.2) is 48.0 Å². The second-order valence-electron chi connectivity index (χ2n) is 11.7. The lowest BCUT2D eigenvalue weighted by molar-refractivity contribution is -0.384. The van der Waals surface area contributed by atoms with Gasteiger partial charge in [0.15, 0.2) is 0 Å². The molecule has 1 saturated heterocycles. The highest BCUT2D eigenvalue weighted by molar-refractivity contribution is 5.94. The van der Waals surface area contributed by atoms with Gasteiger partial charge in [-0.2, -0.15) is 0 Å². The number of benzene rings is 2. The predicted octanol–water partition coefficient (Wildman–Crippen LogP) is 5.57. The first-order valence-electron chi connectivity index (χ1n) is 13.5. The van der Waals surface area contributed by atoms with E-state index in [9.17, 15) is 14.9 Å². The fourth-order valence-electron chi connectivity index (χ4n) is 8.02. The molecule has 4 aliphatic carbocycles. The number of amides is 1. The van der Waals surface area contributed by atoms with Gasteiger partial charge in [0.05, 0.1) is 4.92 Å². The zero-order valence-electron chi connectivity index (χ0n) is 21.1. The molecule has 1 atom stereocenters. The van der Waals surface area contributed by atoms with Crippen LogP contribution in [0.4, 0.5) is 17.1 Å². The summed E-state index contributed by atoms with van der Waals surface area (Å²) >= 11 is 0. The van der Waals surface area contributed by atoms with Crippen molar-refractivity contribution in [2.24, 2.45) is 23.2 Å². The third kappa shape index (κ3) is 4.22. The van der Waals surface area contributed by atoms with Gasteiger partial charge < -0.3 is 15.1 Å². The summed E-state index contributed by atoms with van der Waals surface area (Å²) in [5.41, 5.74) is 2.73. The van der Waals surface area contributed by atoms with Gasteiger partial charge in [-0.25, -0.2) is 0 Å². The van der Waals surface area contributed by atoms with E-state index in [1.54, 1.807) is 6.07 Å². The minimum absolute atomic E-state index is 0.0608. The molecule has 0 aromatic heterocycles. The van der Waals surface area contributed by atoms with Crippen molar-refractivity contribution in [1.29, 1.82) is 0 Å². The molecule has 7 nitrogen and oxygen atoms in total. The number of carbonyl (C=O) groups excluding carboxylic acids is 1. The summed E-state index contributed by atoms with van der Waals surface area (Å²) in [5, 5.41) is 15.5. The maximum atomic E-state index is 12.8. The Hall–Kier alpha value is -3.09. The largest absolute Gasteiger partial charge is 0.376 e. The lowest BCUT2D eigenvalue weighted by Gasteiger charge is -2.59. The molecular weight excluding hydrogens is 452 g/mol. The molecule has 5 fully saturated rings. The van der Waals surface area contributed by atoms with Crippen LogP contribution in [0.15, 0.2) is 48.5 Å². The lowest BCUT2D eigenvalue weighted by atomic mass is 9.48. The van der Waals surface area contributed by atoms with Crippen LogP contribution in [0.2, 0.25) is 0 Å². The standard InChI is InChI=1S/C29H36N4O3/c1-20(29-17-21-13-22(18-29)15-23(14-21)19-29)30-26-16-25(7-8-27(26)33(35)36)31-9-11-32(12-10-31)28(34)24-5-3-2-4-6-24/h2-8,16,20-23,30H,9-15,17-19H2,1H3/t20-,21?,22?,23?,29?/m1/s1. The minimum Gasteiger partial charge on any atom is -0.376 e.